The smallest absolute Gasteiger partial charge is 0.0357 e. The third-order valence-electron chi connectivity index (χ3n) is 3.56. The van der Waals surface area contributed by atoms with Gasteiger partial charge in [-0.25, -0.2) is 0 Å². The highest BCUT2D eigenvalue weighted by Gasteiger charge is 2.25. The molecule has 1 nitrogen and oxygen atoms in total. The van der Waals surface area contributed by atoms with Crippen LogP contribution in [-0.4, -0.2) is 18.0 Å². The Balaban J connectivity index is 2.33. The highest BCUT2D eigenvalue weighted by Crippen LogP contribution is 2.35. The van der Waals surface area contributed by atoms with Gasteiger partial charge in [0.05, 0.1) is 0 Å². The first-order chi connectivity index (χ1) is 6.20. The first kappa shape index (κ1) is 8.86. The minimum atomic E-state index is 0.716. The monoisotopic (exact) mass is 177 g/mol. The molecule has 0 saturated heterocycles. The van der Waals surface area contributed by atoms with Gasteiger partial charge in [0.2, 0.25) is 0 Å². The van der Waals surface area contributed by atoms with Crippen LogP contribution >= 0.6 is 0 Å². The first-order valence-electron chi connectivity index (χ1n) is 5.32. The van der Waals surface area contributed by atoms with Gasteiger partial charge >= 0.3 is 0 Å². The molecule has 0 aromatic rings. The van der Waals surface area contributed by atoms with Gasteiger partial charge in [0.25, 0.3) is 0 Å². The normalized spacial score (nSPS) is 33.6. The zero-order chi connectivity index (χ0) is 9.42. The van der Waals surface area contributed by atoms with Crippen LogP contribution in [0.4, 0.5) is 0 Å². The van der Waals surface area contributed by atoms with Gasteiger partial charge in [-0.1, -0.05) is 13.0 Å². The van der Waals surface area contributed by atoms with E-state index >= 15 is 0 Å². The number of nitrogens with zero attached hydrogens (tertiary/aromatic N) is 1. The molecule has 2 rings (SSSR count). The van der Waals surface area contributed by atoms with Gasteiger partial charge in [0, 0.05) is 18.8 Å². The summed E-state index contributed by atoms with van der Waals surface area (Å²) in [4.78, 5) is 2.44. The second kappa shape index (κ2) is 3.21. The summed E-state index contributed by atoms with van der Waals surface area (Å²) in [6.45, 7) is 4.67. The van der Waals surface area contributed by atoms with Crippen molar-refractivity contribution in [3.8, 4) is 0 Å². The van der Waals surface area contributed by atoms with E-state index in [-0.39, 0.29) is 0 Å². The largest absolute Gasteiger partial charge is 0.372 e. The molecule has 2 unspecified atom stereocenters. The standard InChI is InChI=1S/C12H19N/c1-9-5-4-6-12-11(9)8-7-10(2)13(12)3/h4,6,9-10H,5,7-8H2,1-3H3. The molecule has 2 aliphatic rings. The van der Waals surface area contributed by atoms with Gasteiger partial charge in [-0.15, -0.1) is 0 Å². The third-order valence-corrected chi connectivity index (χ3v) is 3.56. The van der Waals surface area contributed by atoms with Gasteiger partial charge in [0.15, 0.2) is 0 Å². The zero-order valence-electron chi connectivity index (χ0n) is 8.88. The second-order valence-electron chi connectivity index (χ2n) is 4.45. The molecule has 1 aliphatic heterocycles. The van der Waals surface area contributed by atoms with Crippen LogP contribution in [0.5, 0.6) is 0 Å². The highest BCUT2D eigenvalue weighted by molar-refractivity contribution is 5.32. The van der Waals surface area contributed by atoms with Crippen molar-refractivity contribution in [2.45, 2.75) is 39.2 Å². The Morgan fingerprint density at radius 1 is 1.38 bits per heavy atom. The lowest BCUT2D eigenvalue weighted by atomic mass is 9.84. The summed E-state index contributed by atoms with van der Waals surface area (Å²) < 4.78 is 0. The molecular weight excluding hydrogens is 158 g/mol. The van der Waals surface area contributed by atoms with Crippen molar-refractivity contribution in [1.29, 1.82) is 0 Å². The average molecular weight is 177 g/mol. The van der Waals surface area contributed by atoms with Crippen LogP contribution in [0.15, 0.2) is 23.4 Å². The number of hydrogen-bond acceptors (Lipinski definition) is 1. The van der Waals surface area contributed by atoms with Gasteiger partial charge in [0.1, 0.15) is 0 Å². The fraction of sp³-hybridized carbons (Fsp3) is 0.667. The van der Waals surface area contributed by atoms with E-state index < -0.39 is 0 Å². The number of rotatable bonds is 0. The van der Waals surface area contributed by atoms with E-state index in [9.17, 15) is 0 Å². The lowest BCUT2D eigenvalue weighted by molar-refractivity contribution is 0.280. The number of hydrogen-bond donors (Lipinski definition) is 0. The van der Waals surface area contributed by atoms with Crippen molar-refractivity contribution in [3.63, 3.8) is 0 Å². The third kappa shape index (κ3) is 1.41. The second-order valence-corrected chi connectivity index (χ2v) is 4.45. The summed E-state index contributed by atoms with van der Waals surface area (Å²) in [5, 5.41) is 0. The van der Waals surface area contributed by atoms with E-state index in [1.807, 2.05) is 0 Å². The minimum absolute atomic E-state index is 0.716. The van der Waals surface area contributed by atoms with Gasteiger partial charge < -0.3 is 4.90 Å². The summed E-state index contributed by atoms with van der Waals surface area (Å²) in [6, 6.07) is 0.716. The molecule has 1 heterocycles. The number of likely N-dealkylation sites (N-methyl/N-ethyl adjacent to an activating group) is 1. The Labute approximate surface area is 81.1 Å². The van der Waals surface area contributed by atoms with Gasteiger partial charge in [-0.2, -0.15) is 0 Å². The van der Waals surface area contributed by atoms with Crippen LogP contribution in [0.2, 0.25) is 0 Å². The van der Waals surface area contributed by atoms with Crippen molar-refractivity contribution in [2.75, 3.05) is 7.05 Å². The van der Waals surface area contributed by atoms with Crippen LogP contribution in [-0.2, 0) is 0 Å². The van der Waals surface area contributed by atoms with E-state index in [4.69, 9.17) is 0 Å². The van der Waals surface area contributed by atoms with Crippen molar-refractivity contribution in [2.24, 2.45) is 5.92 Å². The van der Waals surface area contributed by atoms with Crippen molar-refractivity contribution in [1.82, 2.24) is 4.90 Å². The Kier molecular flexibility index (Phi) is 2.19. The topological polar surface area (TPSA) is 3.24 Å². The molecule has 72 valence electrons. The summed E-state index contributed by atoms with van der Waals surface area (Å²) in [6.07, 6.45) is 8.50. The summed E-state index contributed by atoms with van der Waals surface area (Å²) in [5.41, 5.74) is 3.18. The summed E-state index contributed by atoms with van der Waals surface area (Å²) in [5.74, 6) is 0.773. The molecular formula is C12H19N. The van der Waals surface area contributed by atoms with Crippen LogP contribution in [0.1, 0.15) is 33.1 Å². The Morgan fingerprint density at radius 2 is 2.15 bits per heavy atom. The van der Waals surface area contributed by atoms with Crippen LogP contribution in [0.25, 0.3) is 0 Å². The fourth-order valence-electron chi connectivity index (χ4n) is 2.40. The molecule has 2 atom stereocenters. The van der Waals surface area contributed by atoms with Crippen LogP contribution < -0.4 is 0 Å². The fourth-order valence-corrected chi connectivity index (χ4v) is 2.40. The van der Waals surface area contributed by atoms with Crippen molar-refractivity contribution in [3.05, 3.63) is 23.4 Å². The van der Waals surface area contributed by atoms with E-state index in [0.29, 0.717) is 6.04 Å². The van der Waals surface area contributed by atoms with E-state index in [0.717, 1.165) is 5.92 Å². The summed E-state index contributed by atoms with van der Waals surface area (Å²) >= 11 is 0. The number of allylic oxidation sites excluding steroid dienone is 3. The molecule has 0 saturated carbocycles. The average Bonchev–Trinajstić information content (AvgIpc) is 2.12. The quantitative estimate of drug-likeness (QED) is 0.550. The van der Waals surface area contributed by atoms with Crippen LogP contribution in [0, 0.1) is 5.92 Å². The molecule has 1 heteroatoms. The maximum Gasteiger partial charge on any atom is 0.0357 e. The first-order valence-corrected chi connectivity index (χ1v) is 5.32. The Morgan fingerprint density at radius 3 is 2.92 bits per heavy atom. The zero-order valence-corrected chi connectivity index (χ0v) is 8.88. The molecule has 0 aromatic heterocycles. The van der Waals surface area contributed by atoms with Gasteiger partial charge in [-0.3, -0.25) is 0 Å². The maximum atomic E-state index is 2.44. The molecule has 0 fully saturated rings. The molecule has 0 aromatic carbocycles. The minimum Gasteiger partial charge on any atom is -0.372 e. The van der Waals surface area contributed by atoms with Gasteiger partial charge in [-0.05, 0) is 43.8 Å². The molecule has 0 radical (unpaired) electrons. The predicted octanol–water partition coefficient (Wildman–Crippen LogP) is 2.95. The summed E-state index contributed by atoms with van der Waals surface area (Å²) in [7, 11) is 2.22. The van der Waals surface area contributed by atoms with E-state index in [1.165, 1.54) is 25.0 Å². The van der Waals surface area contributed by atoms with Crippen LogP contribution in [0.3, 0.4) is 0 Å². The van der Waals surface area contributed by atoms with E-state index in [2.05, 4.69) is 37.9 Å². The lowest BCUT2D eigenvalue weighted by Crippen LogP contribution is -2.34. The molecule has 1 aliphatic carbocycles. The highest BCUT2D eigenvalue weighted by atomic mass is 15.1. The molecule has 0 spiro atoms. The maximum absolute atomic E-state index is 2.44. The van der Waals surface area contributed by atoms with Crippen molar-refractivity contribution < 1.29 is 0 Å². The SMILES string of the molecule is CC1CC=CC2=C1CCC(C)N2C. The molecule has 0 N–H and O–H groups in total. The Hall–Kier alpha value is -0.720. The predicted molar refractivity (Wildman–Crippen MR) is 56.4 cm³/mol. The molecule has 0 amide bonds. The lowest BCUT2D eigenvalue weighted by Gasteiger charge is -2.38. The van der Waals surface area contributed by atoms with Crippen molar-refractivity contribution >= 4 is 0 Å². The van der Waals surface area contributed by atoms with E-state index in [1.54, 1.807) is 5.57 Å². The molecule has 0 bridgehead atoms. The Bertz CT molecular complexity index is 262. The molecule has 13 heavy (non-hydrogen) atoms.